The molecule has 0 atom stereocenters. The van der Waals surface area contributed by atoms with Crippen molar-refractivity contribution in [3.05, 3.63) is 66.2 Å². The first-order valence-electron chi connectivity index (χ1n) is 9.56. The van der Waals surface area contributed by atoms with E-state index in [0.717, 1.165) is 57.0 Å². The maximum absolute atomic E-state index is 6.08. The molecule has 1 aliphatic rings. The number of halogens is 1. The summed E-state index contributed by atoms with van der Waals surface area (Å²) in [6, 6.07) is 20.7. The summed E-state index contributed by atoms with van der Waals surface area (Å²) >= 11 is 0. The van der Waals surface area contributed by atoms with Crippen LogP contribution in [0.1, 0.15) is 24.8 Å². The van der Waals surface area contributed by atoms with Crippen molar-refractivity contribution >= 4 is 29.9 Å². The Labute approximate surface area is 180 Å². The fraction of sp³-hybridized carbons (Fsp3) is 0.409. The predicted octanol–water partition coefficient (Wildman–Crippen LogP) is 4.36. The number of rotatable bonds is 6. The van der Waals surface area contributed by atoms with Crippen molar-refractivity contribution in [1.29, 1.82) is 0 Å². The van der Waals surface area contributed by atoms with Crippen molar-refractivity contribution in [2.75, 3.05) is 26.7 Å². The van der Waals surface area contributed by atoms with Gasteiger partial charge in [0, 0.05) is 39.5 Å². The number of likely N-dealkylation sites (tertiary alicyclic amines) is 1. The van der Waals surface area contributed by atoms with Crippen molar-refractivity contribution in [3.63, 3.8) is 0 Å². The first-order valence-corrected chi connectivity index (χ1v) is 9.56. The van der Waals surface area contributed by atoms with Crippen LogP contribution in [-0.2, 0) is 6.42 Å². The Balaban J connectivity index is 0.00000261. The molecule has 0 bridgehead atoms. The lowest BCUT2D eigenvalue weighted by Crippen LogP contribution is -2.47. The minimum Gasteiger partial charge on any atom is -0.490 e. The Bertz CT molecular complexity index is 670. The van der Waals surface area contributed by atoms with Gasteiger partial charge in [-0.1, -0.05) is 48.5 Å². The summed E-state index contributed by atoms with van der Waals surface area (Å²) in [5, 5.41) is 3.51. The first-order chi connectivity index (χ1) is 12.8. The molecule has 0 radical (unpaired) electrons. The number of para-hydroxylation sites is 1. The number of aryl methyl sites for hydroxylation is 1. The maximum atomic E-state index is 6.08. The lowest BCUT2D eigenvalue weighted by atomic mass is 10.1. The molecular formula is C22H30IN3O. The molecule has 0 saturated carbocycles. The van der Waals surface area contributed by atoms with Crippen LogP contribution in [0.15, 0.2) is 65.7 Å². The third kappa shape index (κ3) is 7.05. The summed E-state index contributed by atoms with van der Waals surface area (Å²) in [6.45, 7) is 2.91. The minimum atomic E-state index is 0. The van der Waals surface area contributed by atoms with Gasteiger partial charge in [-0.15, -0.1) is 24.0 Å². The highest BCUT2D eigenvalue weighted by atomic mass is 127. The van der Waals surface area contributed by atoms with E-state index in [1.165, 1.54) is 5.56 Å². The van der Waals surface area contributed by atoms with Gasteiger partial charge < -0.3 is 15.0 Å². The van der Waals surface area contributed by atoms with Crippen LogP contribution in [0, 0.1) is 0 Å². The molecule has 5 heteroatoms. The molecule has 1 heterocycles. The summed E-state index contributed by atoms with van der Waals surface area (Å²) in [5.74, 6) is 1.98. The van der Waals surface area contributed by atoms with Gasteiger partial charge in [-0.2, -0.15) is 0 Å². The Hall–Kier alpha value is -1.76. The van der Waals surface area contributed by atoms with Gasteiger partial charge in [0.05, 0.1) is 0 Å². The molecule has 0 unspecified atom stereocenters. The summed E-state index contributed by atoms with van der Waals surface area (Å²) in [6.07, 6.45) is 4.55. The molecule has 1 fully saturated rings. The normalized spacial score (nSPS) is 15.1. The maximum Gasteiger partial charge on any atom is 0.193 e. The fourth-order valence-corrected chi connectivity index (χ4v) is 3.35. The Morgan fingerprint density at radius 3 is 2.30 bits per heavy atom. The molecule has 0 amide bonds. The first kappa shape index (κ1) is 21.5. The lowest BCUT2D eigenvalue weighted by Gasteiger charge is -2.34. The fourth-order valence-electron chi connectivity index (χ4n) is 3.35. The lowest BCUT2D eigenvalue weighted by molar-refractivity contribution is 0.129. The van der Waals surface area contributed by atoms with Gasteiger partial charge in [0.1, 0.15) is 11.9 Å². The van der Waals surface area contributed by atoms with Crippen LogP contribution in [0.5, 0.6) is 5.75 Å². The molecule has 146 valence electrons. The molecule has 1 N–H and O–H groups in total. The van der Waals surface area contributed by atoms with Crippen molar-refractivity contribution in [2.45, 2.75) is 31.8 Å². The van der Waals surface area contributed by atoms with E-state index < -0.39 is 0 Å². The zero-order chi connectivity index (χ0) is 18.0. The second-order valence-electron chi connectivity index (χ2n) is 6.68. The second kappa shape index (κ2) is 11.8. The minimum absolute atomic E-state index is 0. The third-order valence-corrected chi connectivity index (χ3v) is 4.77. The highest BCUT2D eigenvalue weighted by Crippen LogP contribution is 2.18. The van der Waals surface area contributed by atoms with E-state index in [4.69, 9.17) is 4.74 Å². The Kier molecular flexibility index (Phi) is 9.45. The van der Waals surface area contributed by atoms with Gasteiger partial charge in [0.15, 0.2) is 5.96 Å². The van der Waals surface area contributed by atoms with Crippen LogP contribution in [0.3, 0.4) is 0 Å². The zero-order valence-corrected chi connectivity index (χ0v) is 18.3. The predicted molar refractivity (Wildman–Crippen MR) is 123 cm³/mol. The van der Waals surface area contributed by atoms with E-state index in [1.807, 2.05) is 37.4 Å². The number of nitrogens with one attached hydrogen (secondary N) is 1. The van der Waals surface area contributed by atoms with Gasteiger partial charge >= 0.3 is 0 Å². The number of benzene rings is 2. The SMILES string of the molecule is CN=C(NCCCc1ccccc1)N1CCC(Oc2ccccc2)CC1.I. The van der Waals surface area contributed by atoms with Crippen molar-refractivity contribution in [2.24, 2.45) is 4.99 Å². The highest BCUT2D eigenvalue weighted by molar-refractivity contribution is 14.0. The Morgan fingerprint density at radius 2 is 1.67 bits per heavy atom. The van der Waals surface area contributed by atoms with Crippen LogP contribution in [0.2, 0.25) is 0 Å². The largest absolute Gasteiger partial charge is 0.490 e. The number of guanidine groups is 1. The van der Waals surface area contributed by atoms with Gasteiger partial charge in [-0.3, -0.25) is 4.99 Å². The summed E-state index contributed by atoms with van der Waals surface area (Å²) < 4.78 is 6.08. The van der Waals surface area contributed by atoms with Crippen LogP contribution in [0.25, 0.3) is 0 Å². The molecule has 0 aliphatic carbocycles. The molecule has 4 nitrogen and oxygen atoms in total. The molecule has 1 saturated heterocycles. The highest BCUT2D eigenvalue weighted by Gasteiger charge is 2.22. The van der Waals surface area contributed by atoms with Crippen molar-refractivity contribution in [1.82, 2.24) is 10.2 Å². The van der Waals surface area contributed by atoms with Crippen molar-refractivity contribution in [3.8, 4) is 5.75 Å². The molecule has 0 aromatic heterocycles. The molecule has 1 aliphatic heterocycles. The number of hydrogen-bond acceptors (Lipinski definition) is 2. The summed E-state index contributed by atoms with van der Waals surface area (Å²) in [4.78, 5) is 6.80. The van der Waals surface area contributed by atoms with Crippen LogP contribution in [-0.4, -0.2) is 43.6 Å². The van der Waals surface area contributed by atoms with Gasteiger partial charge in [0.2, 0.25) is 0 Å². The number of hydrogen-bond donors (Lipinski definition) is 1. The molecular weight excluding hydrogens is 449 g/mol. The van der Waals surface area contributed by atoms with Crippen LogP contribution in [0.4, 0.5) is 0 Å². The average Bonchev–Trinajstić information content (AvgIpc) is 2.70. The van der Waals surface area contributed by atoms with E-state index in [2.05, 4.69) is 45.5 Å². The summed E-state index contributed by atoms with van der Waals surface area (Å²) in [5.41, 5.74) is 1.39. The van der Waals surface area contributed by atoms with Crippen molar-refractivity contribution < 1.29 is 4.74 Å². The smallest absolute Gasteiger partial charge is 0.193 e. The van der Waals surface area contributed by atoms with Crippen LogP contribution >= 0.6 is 24.0 Å². The molecule has 2 aromatic rings. The zero-order valence-electron chi connectivity index (χ0n) is 16.0. The number of piperidine rings is 1. The Morgan fingerprint density at radius 1 is 1.04 bits per heavy atom. The number of aliphatic imine (C=N–C) groups is 1. The molecule has 2 aromatic carbocycles. The average molecular weight is 479 g/mol. The molecule has 3 rings (SSSR count). The number of ether oxygens (including phenoxy) is 1. The topological polar surface area (TPSA) is 36.9 Å². The van der Waals surface area contributed by atoms with E-state index in [1.54, 1.807) is 0 Å². The van der Waals surface area contributed by atoms with Crippen LogP contribution < -0.4 is 10.1 Å². The monoisotopic (exact) mass is 479 g/mol. The molecule has 27 heavy (non-hydrogen) atoms. The summed E-state index contributed by atoms with van der Waals surface area (Å²) in [7, 11) is 1.87. The second-order valence-corrected chi connectivity index (χ2v) is 6.68. The van der Waals surface area contributed by atoms with E-state index in [9.17, 15) is 0 Å². The third-order valence-electron chi connectivity index (χ3n) is 4.77. The van der Waals surface area contributed by atoms with Gasteiger partial charge in [-0.25, -0.2) is 0 Å². The van der Waals surface area contributed by atoms with Gasteiger partial charge in [0.25, 0.3) is 0 Å². The van der Waals surface area contributed by atoms with E-state index >= 15 is 0 Å². The van der Waals surface area contributed by atoms with Gasteiger partial charge in [-0.05, 0) is 30.5 Å². The van der Waals surface area contributed by atoms with E-state index in [0.29, 0.717) is 6.10 Å². The number of nitrogens with zero attached hydrogens (tertiary/aromatic N) is 2. The standard InChI is InChI=1S/C22H29N3O.HI/c1-23-22(24-16-8-11-19-9-4-2-5-10-19)25-17-14-21(15-18-25)26-20-12-6-3-7-13-20;/h2-7,9-10,12-13,21H,8,11,14-18H2,1H3,(H,23,24);1H. The quantitative estimate of drug-likeness (QED) is 0.290. The molecule has 0 spiro atoms. The van der Waals surface area contributed by atoms with E-state index in [-0.39, 0.29) is 24.0 Å².